The Morgan fingerprint density at radius 1 is 1.32 bits per heavy atom. The van der Waals surface area contributed by atoms with Crippen LogP contribution >= 0.6 is 0 Å². The van der Waals surface area contributed by atoms with Gasteiger partial charge in [0.05, 0.1) is 13.2 Å². The number of aryl methyl sites for hydroxylation is 1. The number of carboxylic acid groups (broad SMARTS) is 1. The molecule has 0 aromatic heterocycles. The molecule has 1 aromatic rings. The van der Waals surface area contributed by atoms with Crippen LogP contribution in [0.2, 0.25) is 0 Å². The topological polar surface area (TPSA) is 49.8 Å². The van der Waals surface area contributed by atoms with Gasteiger partial charge in [-0.2, -0.15) is 0 Å². The second kappa shape index (κ2) is 5.72. The summed E-state index contributed by atoms with van der Waals surface area (Å²) in [5, 5.41) is 9.62. The lowest BCUT2D eigenvalue weighted by atomic mass is 9.90. The molecule has 1 unspecified atom stereocenters. The summed E-state index contributed by atoms with van der Waals surface area (Å²) in [5.74, 6) is -0.769. The first-order valence-corrected chi connectivity index (χ1v) is 6.64. The van der Waals surface area contributed by atoms with Crippen LogP contribution in [-0.4, -0.2) is 47.8 Å². The van der Waals surface area contributed by atoms with Crippen molar-refractivity contribution in [1.29, 1.82) is 0 Å². The number of hydrogen-bond donors (Lipinski definition) is 1. The van der Waals surface area contributed by atoms with E-state index in [1.807, 2.05) is 36.1 Å². The van der Waals surface area contributed by atoms with Crippen LogP contribution in [0, 0.1) is 6.92 Å². The third-order valence-electron chi connectivity index (χ3n) is 3.84. The van der Waals surface area contributed by atoms with Crippen LogP contribution in [0.25, 0.3) is 0 Å². The molecule has 1 atom stereocenters. The van der Waals surface area contributed by atoms with Crippen LogP contribution in [0.3, 0.4) is 0 Å². The molecule has 1 heterocycles. The summed E-state index contributed by atoms with van der Waals surface area (Å²) in [4.78, 5) is 13.7. The molecule has 1 aromatic carbocycles. The Morgan fingerprint density at radius 2 is 1.89 bits per heavy atom. The molecule has 1 N–H and O–H groups in total. The van der Waals surface area contributed by atoms with Gasteiger partial charge in [0.1, 0.15) is 5.54 Å². The van der Waals surface area contributed by atoms with Crippen molar-refractivity contribution in [3.05, 3.63) is 35.4 Å². The van der Waals surface area contributed by atoms with Gasteiger partial charge in [0, 0.05) is 19.5 Å². The standard InChI is InChI=1S/C15H21NO3/c1-12-3-5-13(6-4-12)11-15(2,14(17)18)16-7-9-19-10-8-16/h3-6H,7-11H2,1-2H3,(H,17,18). The summed E-state index contributed by atoms with van der Waals surface area (Å²) < 4.78 is 5.31. The Kier molecular flexibility index (Phi) is 4.22. The third kappa shape index (κ3) is 3.14. The summed E-state index contributed by atoms with van der Waals surface area (Å²) >= 11 is 0. The van der Waals surface area contributed by atoms with E-state index in [1.165, 1.54) is 5.56 Å². The first-order valence-electron chi connectivity index (χ1n) is 6.64. The smallest absolute Gasteiger partial charge is 0.324 e. The zero-order valence-corrected chi connectivity index (χ0v) is 11.6. The average Bonchev–Trinajstić information content (AvgIpc) is 2.42. The number of carboxylic acids is 1. The van der Waals surface area contributed by atoms with E-state index in [1.54, 1.807) is 6.92 Å². The zero-order valence-electron chi connectivity index (χ0n) is 11.6. The minimum absolute atomic E-state index is 0.516. The molecule has 104 valence electrons. The maximum absolute atomic E-state index is 11.7. The van der Waals surface area contributed by atoms with Gasteiger partial charge < -0.3 is 9.84 Å². The molecule has 1 saturated heterocycles. The van der Waals surface area contributed by atoms with E-state index in [4.69, 9.17) is 4.74 Å². The maximum atomic E-state index is 11.7. The second-order valence-corrected chi connectivity index (χ2v) is 5.34. The first kappa shape index (κ1) is 14.0. The van der Waals surface area contributed by atoms with Crippen molar-refractivity contribution < 1.29 is 14.6 Å². The first-order chi connectivity index (χ1) is 9.02. The molecule has 1 aliphatic heterocycles. The van der Waals surface area contributed by atoms with Crippen LogP contribution in [-0.2, 0) is 16.0 Å². The number of aliphatic carboxylic acids is 1. The molecule has 1 aliphatic rings. The minimum atomic E-state index is -0.862. The van der Waals surface area contributed by atoms with Crippen molar-refractivity contribution in [2.75, 3.05) is 26.3 Å². The molecule has 4 heteroatoms. The van der Waals surface area contributed by atoms with E-state index in [-0.39, 0.29) is 0 Å². The Morgan fingerprint density at radius 3 is 2.42 bits per heavy atom. The molecule has 0 radical (unpaired) electrons. The average molecular weight is 263 g/mol. The van der Waals surface area contributed by atoms with Crippen LogP contribution in [0.1, 0.15) is 18.1 Å². The highest BCUT2D eigenvalue weighted by molar-refractivity contribution is 5.78. The van der Waals surface area contributed by atoms with E-state index in [9.17, 15) is 9.90 Å². The number of hydrogen-bond acceptors (Lipinski definition) is 3. The molecule has 0 amide bonds. The molecule has 0 spiro atoms. The molecule has 4 nitrogen and oxygen atoms in total. The Balaban J connectivity index is 2.18. The Bertz CT molecular complexity index is 437. The largest absolute Gasteiger partial charge is 0.480 e. The summed E-state index contributed by atoms with van der Waals surface area (Å²) in [7, 11) is 0. The fourth-order valence-corrected chi connectivity index (χ4v) is 2.48. The van der Waals surface area contributed by atoms with E-state index in [0.29, 0.717) is 32.7 Å². The monoisotopic (exact) mass is 263 g/mol. The maximum Gasteiger partial charge on any atom is 0.324 e. The summed E-state index contributed by atoms with van der Waals surface area (Å²) in [6, 6.07) is 8.07. The van der Waals surface area contributed by atoms with Crippen LogP contribution < -0.4 is 0 Å². The molecule has 1 fully saturated rings. The second-order valence-electron chi connectivity index (χ2n) is 5.34. The van der Waals surface area contributed by atoms with Crippen molar-refractivity contribution in [3.63, 3.8) is 0 Å². The normalized spacial score (nSPS) is 19.9. The fraction of sp³-hybridized carbons (Fsp3) is 0.533. The number of ether oxygens (including phenoxy) is 1. The van der Waals surface area contributed by atoms with Crippen molar-refractivity contribution in [2.24, 2.45) is 0 Å². The Labute approximate surface area is 114 Å². The zero-order chi connectivity index (χ0) is 13.9. The molecule has 0 aliphatic carbocycles. The van der Waals surface area contributed by atoms with Crippen molar-refractivity contribution in [2.45, 2.75) is 25.8 Å². The van der Waals surface area contributed by atoms with Gasteiger partial charge in [-0.1, -0.05) is 29.8 Å². The van der Waals surface area contributed by atoms with E-state index >= 15 is 0 Å². The van der Waals surface area contributed by atoms with Crippen molar-refractivity contribution in [3.8, 4) is 0 Å². The van der Waals surface area contributed by atoms with Crippen LogP contribution in [0.4, 0.5) is 0 Å². The lowest BCUT2D eigenvalue weighted by Crippen LogP contribution is -2.57. The van der Waals surface area contributed by atoms with Gasteiger partial charge in [0.2, 0.25) is 0 Å². The van der Waals surface area contributed by atoms with Crippen LogP contribution in [0.15, 0.2) is 24.3 Å². The molecule has 2 rings (SSSR count). The number of nitrogens with zero attached hydrogens (tertiary/aromatic N) is 1. The highest BCUT2D eigenvalue weighted by atomic mass is 16.5. The van der Waals surface area contributed by atoms with Gasteiger partial charge in [0.15, 0.2) is 0 Å². The summed E-state index contributed by atoms with van der Waals surface area (Å²) in [6.07, 6.45) is 0.516. The quantitative estimate of drug-likeness (QED) is 0.898. The van der Waals surface area contributed by atoms with Gasteiger partial charge >= 0.3 is 5.97 Å². The lowest BCUT2D eigenvalue weighted by molar-refractivity contribution is -0.153. The number of rotatable bonds is 4. The van der Waals surface area contributed by atoms with E-state index in [2.05, 4.69) is 0 Å². The van der Waals surface area contributed by atoms with Crippen molar-refractivity contribution >= 4 is 5.97 Å². The number of morpholine rings is 1. The van der Waals surface area contributed by atoms with Gasteiger partial charge in [-0.3, -0.25) is 9.69 Å². The predicted molar refractivity (Wildman–Crippen MR) is 73.3 cm³/mol. The predicted octanol–water partition coefficient (Wildman–Crippen LogP) is 1.71. The third-order valence-corrected chi connectivity index (χ3v) is 3.84. The Hall–Kier alpha value is -1.39. The van der Waals surface area contributed by atoms with Crippen LogP contribution in [0.5, 0.6) is 0 Å². The van der Waals surface area contributed by atoms with Crippen molar-refractivity contribution in [1.82, 2.24) is 4.90 Å². The minimum Gasteiger partial charge on any atom is -0.480 e. The summed E-state index contributed by atoms with van der Waals surface area (Å²) in [6.45, 7) is 6.40. The molecule has 0 bridgehead atoms. The molecule has 19 heavy (non-hydrogen) atoms. The summed E-state index contributed by atoms with van der Waals surface area (Å²) in [5.41, 5.74) is 1.38. The molecular weight excluding hydrogens is 242 g/mol. The number of carbonyl (C=O) groups is 1. The highest BCUT2D eigenvalue weighted by Gasteiger charge is 2.40. The van der Waals surface area contributed by atoms with E-state index < -0.39 is 11.5 Å². The fourth-order valence-electron chi connectivity index (χ4n) is 2.48. The van der Waals surface area contributed by atoms with Gasteiger partial charge in [-0.25, -0.2) is 0 Å². The van der Waals surface area contributed by atoms with Gasteiger partial charge in [0.25, 0.3) is 0 Å². The highest BCUT2D eigenvalue weighted by Crippen LogP contribution is 2.23. The number of benzene rings is 1. The SMILES string of the molecule is Cc1ccc(CC(C)(C(=O)O)N2CCOCC2)cc1. The molecular formula is C15H21NO3. The lowest BCUT2D eigenvalue weighted by Gasteiger charge is -2.40. The van der Waals surface area contributed by atoms with Gasteiger partial charge in [-0.15, -0.1) is 0 Å². The van der Waals surface area contributed by atoms with Gasteiger partial charge in [-0.05, 0) is 19.4 Å². The molecule has 0 saturated carbocycles. The van der Waals surface area contributed by atoms with E-state index in [0.717, 1.165) is 5.56 Å².